The maximum Gasteiger partial charge on any atom is 0.359 e. The number of amides is 1. The maximum atomic E-state index is 13.0. The van der Waals surface area contributed by atoms with Crippen molar-refractivity contribution < 1.29 is 14.3 Å². The number of carbonyl (C=O) groups is 2. The Kier molecular flexibility index (Phi) is 4.99. The van der Waals surface area contributed by atoms with Crippen LogP contribution in [-0.2, 0) is 24.2 Å². The van der Waals surface area contributed by atoms with Crippen LogP contribution in [0.1, 0.15) is 46.1 Å². The zero-order valence-electron chi connectivity index (χ0n) is 15.8. The Balaban J connectivity index is 1.59. The molecule has 1 aliphatic heterocycles. The smallest absolute Gasteiger partial charge is 0.359 e. The molecule has 0 saturated heterocycles. The maximum absolute atomic E-state index is 13.0. The van der Waals surface area contributed by atoms with E-state index < -0.39 is 5.97 Å². The lowest BCUT2D eigenvalue weighted by molar-refractivity contribution is 0.0513. The molecule has 146 valence electrons. The minimum Gasteiger partial charge on any atom is -0.461 e. The van der Waals surface area contributed by atoms with Gasteiger partial charge in [-0.2, -0.15) is 21.5 Å². The minimum absolute atomic E-state index is 0.140. The third-order valence-electron chi connectivity index (χ3n) is 4.81. The van der Waals surface area contributed by atoms with Gasteiger partial charge in [0.05, 0.1) is 18.8 Å². The summed E-state index contributed by atoms with van der Waals surface area (Å²) in [7, 11) is 0. The molecule has 4 heterocycles. The quantitative estimate of drug-likeness (QED) is 0.666. The number of hydrogen-bond acceptors (Lipinski definition) is 6. The number of H-pyrrole nitrogens is 1. The lowest BCUT2D eigenvalue weighted by atomic mass is 10.0. The summed E-state index contributed by atoms with van der Waals surface area (Å²) in [6.45, 7) is 5.59. The van der Waals surface area contributed by atoms with E-state index in [0.717, 1.165) is 22.5 Å². The fraction of sp³-hybridized carbons (Fsp3) is 0.368. The number of aromatic amines is 1. The molecule has 0 spiro atoms. The summed E-state index contributed by atoms with van der Waals surface area (Å²) in [5, 5.41) is 15.5. The third kappa shape index (κ3) is 3.22. The molecule has 3 aromatic rings. The van der Waals surface area contributed by atoms with Gasteiger partial charge in [-0.3, -0.25) is 14.6 Å². The number of fused-ring (bicyclic) bond motifs is 1. The summed E-state index contributed by atoms with van der Waals surface area (Å²) < 4.78 is 6.97. The van der Waals surface area contributed by atoms with E-state index in [4.69, 9.17) is 4.74 Å². The van der Waals surface area contributed by atoms with Gasteiger partial charge in [-0.1, -0.05) is 0 Å². The van der Waals surface area contributed by atoms with Crippen LogP contribution >= 0.6 is 11.3 Å². The SMILES string of the molecule is CCOC(=O)c1nn(CC)c2c1CN(C(=O)c1cc(-c3ccsc3)n[nH]1)CC2. The topological polar surface area (TPSA) is 93.1 Å². The molecule has 0 radical (unpaired) electrons. The summed E-state index contributed by atoms with van der Waals surface area (Å²) in [5.41, 5.74) is 4.24. The summed E-state index contributed by atoms with van der Waals surface area (Å²) in [4.78, 5) is 27.0. The first-order valence-electron chi connectivity index (χ1n) is 9.25. The van der Waals surface area contributed by atoms with Crippen LogP contribution in [0.4, 0.5) is 0 Å². The molecule has 4 rings (SSSR count). The van der Waals surface area contributed by atoms with E-state index >= 15 is 0 Å². The van der Waals surface area contributed by atoms with Crippen molar-refractivity contribution in [2.24, 2.45) is 0 Å². The van der Waals surface area contributed by atoms with Crippen molar-refractivity contribution in [3.8, 4) is 11.3 Å². The van der Waals surface area contributed by atoms with Gasteiger partial charge in [-0.25, -0.2) is 4.79 Å². The predicted molar refractivity (Wildman–Crippen MR) is 104 cm³/mol. The first-order valence-corrected chi connectivity index (χ1v) is 10.2. The van der Waals surface area contributed by atoms with Crippen LogP contribution in [0, 0.1) is 0 Å². The fourth-order valence-corrected chi connectivity index (χ4v) is 4.10. The Bertz CT molecular complexity index is 1010. The minimum atomic E-state index is -0.443. The predicted octanol–water partition coefficient (Wildman–Crippen LogP) is 2.73. The normalized spacial score (nSPS) is 13.4. The number of hydrogen-bond donors (Lipinski definition) is 1. The monoisotopic (exact) mass is 399 g/mol. The number of aromatic nitrogens is 4. The average Bonchev–Trinajstić information content (AvgIpc) is 3.45. The second-order valence-electron chi connectivity index (χ2n) is 6.47. The van der Waals surface area contributed by atoms with Crippen LogP contribution in [0.3, 0.4) is 0 Å². The first-order chi connectivity index (χ1) is 13.6. The summed E-state index contributed by atoms with van der Waals surface area (Å²) in [6.07, 6.45) is 0.646. The van der Waals surface area contributed by atoms with E-state index in [1.54, 1.807) is 29.2 Å². The third-order valence-corrected chi connectivity index (χ3v) is 5.50. The van der Waals surface area contributed by atoms with Gasteiger partial charge in [0.25, 0.3) is 5.91 Å². The number of esters is 1. The highest BCUT2D eigenvalue weighted by atomic mass is 32.1. The van der Waals surface area contributed by atoms with Crippen molar-refractivity contribution in [1.82, 2.24) is 24.9 Å². The molecule has 0 aromatic carbocycles. The van der Waals surface area contributed by atoms with Crippen LogP contribution in [0.5, 0.6) is 0 Å². The van der Waals surface area contributed by atoms with Crippen molar-refractivity contribution in [3.63, 3.8) is 0 Å². The largest absolute Gasteiger partial charge is 0.461 e. The summed E-state index contributed by atoms with van der Waals surface area (Å²) >= 11 is 1.58. The number of nitrogens with one attached hydrogen (secondary N) is 1. The summed E-state index contributed by atoms with van der Waals surface area (Å²) in [5.74, 6) is -0.583. The number of carbonyl (C=O) groups excluding carboxylic acids is 2. The molecular formula is C19H21N5O3S. The van der Waals surface area contributed by atoms with Crippen LogP contribution in [0.25, 0.3) is 11.3 Å². The summed E-state index contributed by atoms with van der Waals surface area (Å²) in [6, 6.07) is 3.73. The zero-order chi connectivity index (χ0) is 19.7. The van der Waals surface area contributed by atoms with Gasteiger partial charge in [-0.15, -0.1) is 0 Å². The molecule has 1 aliphatic rings. The Morgan fingerprint density at radius 3 is 2.93 bits per heavy atom. The van der Waals surface area contributed by atoms with Crippen LogP contribution < -0.4 is 0 Å². The van der Waals surface area contributed by atoms with E-state index in [0.29, 0.717) is 37.4 Å². The molecule has 0 atom stereocenters. The molecule has 0 saturated carbocycles. The van der Waals surface area contributed by atoms with Crippen molar-refractivity contribution in [1.29, 1.82) is 0 Å². The van der Waals surface area contributed by atoms with Crippen LogP contribution in [-0.4, -0.2) is 49.9 Å². The van der Waals surface area contributed by atoms with Gasteiger partial charge >= 0.3 is 5.97 Å². The Labute approximate surface area is 166 Å². The number of rotatable bonds is 5. The van der Waals surface area contributed by atoms with Crippen molar-refractivity contribution in [3.05, 3.63) is 45.5 Å². The zero-order valence-corrected chi connectivity index (χ0v) is 16.6. The van der Waals surface area contributed by atoms with Gasteiger partial charge in [0, 0.05) is 41.7 Å². The highest BCUT2D eigenvalue weighted by Gasteiger charge is 2.31. The Hall–Kier alpha value is -2.94. The molecule has 0 fully saturated rings. The van der Waals surface area contributed by atoms with Gasteiger partial charge in [0.15, 0.2) is 5.69 Å². The van der Waals surface area contributed by atoms with Gasteiger partial charge in [0.1, 0.15) is 5.69 Å². The molecule has 9 heteroatoms. The highest BCUT2D eigenvalue weighted by Crippen LogP contribution is 2.26. The molecular weight excluding hydrogens is 378 g/mol. The van der Waals surface area contributed by atoms with Crippen LogP contribution in [0.15, 0.2) is 22.9 Å². The average molecular weight is 399 g/mol. The second kappa shape index (κ2) is 7.59. The van der Waals surface area contributed by atoms with Crippen molar-refractivity contribution >= 4 is 23.2 Å². The van der Waals surface area contributed by atoms with E-state index in [9.17, 15) is 9.59 Å². The fourth-order valence-electron chi connectivity index (χ4n) is 3.45. The molecule has 0 bridgehead atoms. The van der Waals surface area contributed by atoms with Crippen molar-refractivity contribution in [2.75, 3.05) is 13.2 Å². The molecule has 3 aromatic heterocycles. The van der Waals surface area contributed by atoms with Crippen molar-refractivity contribution in [2.45, 2.75) is 33.4 Å². The lowest BCUT2D eigenvalue weighted by Crippen LogP contribution is -2.37. The number of aryl methyl sites for hydroxylation is 1. The van der Waals surface area contributed by atoms with E-state index in [-0.39, 0.29) is 12.5 Å². The lowest BCUT2D eigenvalue weighted by Gasteiger charge is -2.27. The molecule has 0 aliphatic carbocycles. The Morgan fingerprint density at radius 2 is 2.21 bits per heavy atom. The van der Waals surface area contributed by atoms with Gasteiger partial charge < -0.3 is 9.64 Å². The van der Waals surface area contributed by atoms with E-state index in [1.165, 1.54) is 0 Å². The molecule has 0 unspecified atom stereocenters. The highest BCUT2D eigenvalue weighted by molar-refractivity contribution is 7.08. The second-order valence-corrected chi connectivity index (χ2v) is 7.25. The number of thiophene rings is 1. The molecule has 1 amide bonds. The Morgan fingerprint density at radius 1 is 1.36 bits per heavy atom. The van der Waals surface area contributed by atoms with Crippen LogP contribution in [0.2, 0.25) is 0 Å². The number of ether oxygens (including phenoxy) is 1. The van der Waals surface area contributed by atoms with E-state index in [1.807, 2.05) is 28.4 Å². The molecule has 1 N–H and O–H groups in total. The van der Waals surface area contributed by atoms with Gasteiger partial charge in [-0.05, 0) is 31.4 Å². The standard InChI is InChI=1S/C19H21N5O3S/c1-3-24-16-5-7-23(10-13(16)17(22-24)19(26)27-4-2)18(25)15-9-14(20-21-15)12-6-8-28-11-12/h6,8-9,11H,3-5,7,10H2,1-2H3,(H,20,21). The van der Waals surface area contributed by atoms with E-state index in [2.05, 4.69) is 15.3 Å². The molecule has 28 heavy (non-hydrogen) atoms. The first kappa shape index (κ1) is 18.4. The molecule has 8 nitrogen and oxygen atoms in total. The van der Waals surface area contributed by atoms with Gasteiger partial charge in [0.2, 0.25) is 0 Å². The number of nitrogens with zero attached hydrogens (tertiary/aromatic N) is 4.